The van der Waals surface area contributed by atoms with Crippen molar-refractivity contribution in [3.8, 4) is 0 Å². The molecule has 0 radical (unpaired) electrons. The molecule has 3 rings (SSSR count). The molecule has 2 aromatic rings. The number of benzene rings is 1. The van der Waals surface area contributed by atoms with E-state index in [4.69, 9.17) is 4.74 Å². The summed E-state index contributed by atoms with van der Waals surface area (Å²) in [5.74, 6) is 0.485. The number of hydrogen-bond acceptors (Lipinski definition) is 1. The smallest absolute Gasteiger partial charge is 0.147 e. The van der Waals surface area contributed by atoms with E-state index in [-0.39, 0.29) is 5.82 Å². The number of ether oxygens (including phenoxy) is 1. The fraction of sp³-hybridized carbons (Fsp3) is 0.429. The van der Waals surface area contributed by atoms with Gasteiger partial charge >= 0.3 is 0 Å². The SMILES string of the molecule is Fc1cccc2ccn(CC3CCOCC3)c12. The number of halogens is 1. The Hall–Kier alpha value is -1.35. The van der Waals surface area contributed by atoms with Gasteiger partial charge in [0.05, 0.1) is 5.52 Å². The average molecular weight is 233 g/mol. The van der Waals surface area contributed by atoms with Crippen LogP contribution in [0.4, 0.5) is 4.39 Å². The Kier molecular flexibility index (Phi) is 2.85. The minimum Gasteiger partial charge on any atom is -0.381 e. The summed E-state index contributed by atoms with van der Waals surface area (Å²) >= 11 is 0. The standard InChI is InChI=1S/C14H16FNO/c15-13-3-1-2-12-4-7-16(14(12)13)10-11-5-8-17-9-6-11/h1-4,7,11H,5-6,8-10H2. The second kappa shape index (κ2) is 4.49. The molecule has 90 valence electrons. The van der Waals surface area contributed by atoms with Crippen molar-refractivity contribution >= 4 is 10.9 Å². The lowest BCUT2D eigenvalue weighted by Crippen LogP contribution is -2.20. The fourth-order valence-electron chi connectivity index (χ4n) is 2.57. The number of aromatic nitrogens is 1. The van der Waals surface area contributed by atoms with E-state index in [1.165, 1.54) is 6.07 Å². The van der Waals surface area contributed by atoms with Crippen molar-refractivity contribution in [1.82, 2.24) is 4.57 Å². The Morgan fingerprint density at radius 3 is 2.88 bits per heavy atom. The lowest BCUT2D eigenvalue weighted by atomic mass is 10.0. The first kappa shape index (κ1) is 10.8. The molecule has 2 nitrogen and oxygen atoms in total. The normalized spacial score (nSPS) is 17.7. The third kappa shape index (κ3) is 2.07. The molecule has 3 heteroatoms. The van der Waals surface area contributed by atoms with Crippen molar-refractivity contribution in [2.24, 2.45) is 5.92 Å². The van der Waals surface area contributed by atoms with E-state index >= 15 is 0 Å². The average Bonchev–Trinajstić information content (AvgIpc) is 2.75. The maximum Gasteiger partial charge on any atom is 0.147 e. The molecular formula is C14H16FNO. The minimum absolute atomic E-state index is 0.125. The first-order chi connectivity index (χ1) is 8.34. The number of rotatable bonds is 2. The number of fused-ring (bicyclic) bond motifs is 1. The highest BCUT2D eigenvalue weighted by atomic mass is 19.1. The molecule has 0 bridgehead atoms. The summed E-state index contributed by atoms with van der Waals surface area (Å²) in [7, 11) is 0. The molecule has 0 spiro atoms. The monoisotopic (exact) mass is 233 g/mol. The van der Waals surface area contributed by atoms with Crippen LogP contribution >= 0.6 is 0 Å². The Labute approximate surface area is 100.0 Å². The van der Waals surface area contributed by atoms with Crippen LogP contribution in [-0.2, 0) is 11.3 Å². The molecule has 2 heterocycles. The van der Waals surface area contributed by atoms with Crippen LogP contribution in [0.5, 0.6) is 0 Å². The van der Waals surface area contributed by atoms with Gasteiger partial charge in [0, 0.05) is 31.3 Å². The number of nitrogens with zero attached hydrogens (tertiary/aromatic N) is 1. The van der Waals surface area contributed by atoms with E-state index < -0.39 is 0 Å². The molecular weight excluding hydrogens is 217 g/mol. The van der Waals surface area contributed by atoms with Gasteiger partial charge in [0.25, 0.3) is 0 Å². The Bertz CT molecular complexity index is 514. The van der Waals surface area contributed by atoms with Crippen LogP contribution in [-0.4, -0.2) is 17.8 Å². The molecule has 1 saturated heterocycles. The lowest BCUT2D eigenvalue weighted by molar-refractivity contribution is 0.0616. The van der Waals surface area contributed by atoms with E-state index in [9.17, 15) is 4.39 Å². The third-order valence-corrected chi connectivity index (χ3v) is 3.54. The summed E-state index contributed by atoms with van der Waals surface area (Å²) in [6.07, 6.45) is 4.14. The van der Waals surface area contributed by atoms with Gasteiger partial charge in [-0.3, -0.25) is 0 Å². The molecule has 0 unspecified atom stereocenters. The van der Waals surface area contributed by atoms with Gasteiger partial charge in [-0.05, 0) is 30.9 Å². The van der Waals surface area contributed by atoms with Gasteiger partial charge in [-0.1, -0.05) is 12.1 Å². The second-order valence-corrected chi connectivity index (χ2v) is 4.70. The van der Waals surface area contributed by atoms with Gasteiger partial charge in [0.1, 0.15) is 5.82 Å². The molecule has 1 aliphatic heterocycles. The minimum atomic E-state index is -0.125. The molecule has 1 aromatic carbocycles. The van der Waals surface area contributed by atoms with Gasteiger partial charge in [-0.15, -0.1) is 0 Å². The van der Waals surface area contributed by atoms with Crippen molar-refractivity contribution in [2.45, 2.75) is 19.4 Å². The van der Waals surface area contributed by atoms with Crippen molar-refractivity contribution in [1.29, 1.82) is 0 Å². The molecule has 1 aliphatic rings. The summed E-state index contributed by atoms with van der Waals surface area (Å²) in [6, 6.07) is 7.23. The Morgan fingerprint density at radius 1 is 1.24 bits per heavy atom. The van der Waals surface area contributed by atoms with Gasteiger partial charge in [0.2, 0.25) is 0 Å². The van der Waals surface area contributed by atoms with Crippen LogP contribution in [0.1, 0.15) is 12.8 Å². The van der Waals surface area contributed by atoms with Crippen LogP contribution in [0.15, 0.2) is 30.5 Å². The lowest BCUT2D eigenvalue weighted by Gasteiger charge is -2.22. The topological polar surface area (TPSA) is 14.2 Å². The van der Waals surface area contributed by atoms with Crippen LogP contribution in [0.25, 0.3) is 10.9 Å². The van der Waals surface area contributed by atoms with Gasteiger partial charge < -0.3 is 9.30 Å². The number of hydrogen-bond donors (Lipinski definition) is 0. The van der Waals surface area contributed by atoms with Crippen molar-refractivity contribution in [3.05, 3.63) is 36.3 Å². The van der Waals surface area contributed by atoms with Gasteiger partial charge in [-0.25, -0.2) is 4.39 Å². The summed E-state index contributed by atoms with van der Waals surface area (Å²) in [4.78, 5) is 0. The van der Waals surface area contributed by atoms with Crippen LogP contribution in [0.3, 0.4) is 0 Å². The van der Waals surface area contributed by atoms with Crippen molar-refractivity contribution < 1.29 is 9.13 Å². The van der Waals surface area contributed by atoms with Crippen LogP contribution in [0, 0.1) is 11.7 Å². The molecule has 1 aromatic heterocycles. The second-order valence-electron chi connectivity index (χ2n) is 4.70. The summed E-state index contributed by atoms with van der Waals surface area (Å²) in [6.45, 7) is 2.58. The highest BCUT2D eigenvalue weighted by Gasteiger charge is 2.16. The zero-order valence-electron chi connectivity index (χ0n) is 9.73. The molecule has 1 fully saturated rings. The van der Waals surface area contributed by atoms with E-state index in [1.807, 2.05) is 22.9 Å². The predicted molar refractivity (Wildman–Crippen MR) is 65.4 cm³/mol. The zero-order chi connectivity index (χ0) is 11.7. The van der Waals surface area contributed by atoms with Crippen molar-refractivity contribution in [3.63, 3.8) is 0 Å². The maximum absolute atomic E-state index is 13.8. The highest BCUT2D eigenvalue weighted by Crippen LogP contribution is 2.23. The summed E-state index contributed by atoms with van der Waals surface area (Å²) < 4.78 is 21.2. The predicted octanol–water partition coefficient (Wildman–Crippen LogP) is 3.21. The molecule has 0 N–H and O–H groups in total. The van der Waals surface area contributed by atoms with Gasteiger partial charge in [0.15, 0.2) is 0 Å². The highest BCUT2D eigenvalue weighted by molar-refractivity contribution is 5.80. The quantitative estimate of drug-likeness (QED) is 0.777. The number of para-hydroxylation sites is 1. The molecule has 17 heavy (non-hydrogen) atoms. The largest absolute Gasteiger partial charge is 0.381 e. The first-order valence-corrected chi connectivity index (χ1v) is 6.16. The molecule has 0 atom stereocenters. The molecule has 0 aliphatic carbocycles. The van der Waals surface area contributed by atoms with E-state index in [0.717, 1.165) is 43.5 Å². The molecule has 0 amide bonds. The van der Waals surface area contributed by atoms with Gasteiger partial charge in [-0.2, -0.15) is 0 Å². The first-order valence-electron chi connectivity index (χ1n) is 6.16. The van der Waals surface area contributed by atoms with Crippen LogP contribution < -0.4 is 0 Å². The van der Waals surface area contributed by atoms with Crippen LogP contribution in [0.2, 0.25) is 0 Å². The maximum atomic E-state index is 13.8. The molecule has 0 saturated carbocycles. The van der Waals surface area contributed by atoms with Crippen molar-refractivity contribution in [2.75, 3.05) is 13.2 Å². The Balaban J connectivity index is 1.89. The van der Waals surface area contributed by atoms with E-state index in [0.29, 0.717) is 5.92 Å². The summed E-state index contributed by atoms with van der Waals surface area (Å²) in [5.41, 5.74) is 0.735. The van der Waals surface area contributed by atoms with E-state index in [2.05, 4.69) is 0 Å². The fourth-order valence-corrected chi connectivity index (χ4v) is 2.57. The third-order valence-electron chi connectivity index (χ3n) is 3.54. The Morgan fingerprint density at radius 2 is 2.06 bits per heavy atom. The zero-order valence-corrected chi connectivity index (χ0v) is 9.73. The van der Waals surface area contributed by atoms with E-state index in [1.54, 1.807) is 6.07 Å². The summed E-state index contributed by atoms with van der Waals surface area (Å²) in [5, 5.41) is 0.983.